The predicted molar refractivity (Wildman–Crippen MR) is 135 cm³/mol. The Labute approximate surface area is 217 Å². The number of nitro groups is 1. The summed E-state index contributed by atoms with van der Waals surface area (Å²) in [6, 6.07) is 13.7. The zero-order valence-corrected chi connectivity index (χ0v) is 20.5. The summed E-state index contributed by atoms with van der Waals surface area (Å²) < 4.78 is 6.08. The SMILES string of the molecule is O=C1C2C(c3cc4ccccc4o3)NC(Cc3ccc([N+](=O)[O-])cc3)(C(=O)O)C2C(=O)N1C1CCCCC1. The maximum Gasteiger partial charge on any atom is 0.325 e. The van der Waals surface area contributed by atoms with Gasteiger partial charge in [-0.05, 0) is 30.5 Å². The van der Waals surface area contributed by atoms with Crippen LogP contribution in [0.15, 0.2) is 59.0 Å². The number of nitro benzene ring substituents is 1. The van der Waals surface area contributed by atoms with Crippen LogP contribution in [0.3, 0.4) is 0 Å². The van der Waals surface area contributed by atoms with E-state index < -0.39 is 40.2 Å². The van der Waals surface area contributed by atoms with E-state index in [1.54, 1.807) is 12.1 Å². The fraction of sp³-hybridized carbons (Fsp3) is 0.393. The Kier molecular flexibility index (Phi) is 5.79. The van der Waals surface area contributed by atoms with Gasteiger partial charge in [-0.25, -0.2) is 0 Å². The van der Waals surface area contributed by atoms with Crippen molar-refractivity contribution in [3.8, 4) is 0 Å². The summed E-state index contributed by atoms with van der Waals surface area (Å²) in [6.07, 6.45) is 4.16. The number of hydrogen-bond donors (Lipinski definition) is 2. The molecule has 3 heterocycles. The first kappa shape index (κ1) is 24.3. The third kappa shape index (κ3) is 3.70. The van der Waals surface area contributed by atoms with Gasteiger partial charge in [-0.15, -0.1) is 0 Å². The van der Waals surface area contributed by atoms with E-state index in [0.717, 1.165) is 24.6 Å². The molecule has 2 N–H and O–H groups in total. The Morgan fingerprint density at radius 1 is 1.08 bits per heavy atom. The minimum atomic E-state index is -1.80. The van der Waals surface area contributed by atoms with Gasteiger partial charge >= 0.3 is 5.97 Å². The fourth-order valence-electron chi connectivity index (χ4n) is 6.62. The second-order valence-corrected chi connectivity index (χ2v) is 10.5. The zero-order valence-electron chi connectivity index (χ0n) is 20.5. The second kappa shape index (κ2) is 9.05. The zero-order chi connectivity index (χ0) is 26.6. The molecule has 2 aliphatic heterocycles. The van der Waals surface area contributed by atoms with Crippen molar-refractivity contribution in [2.24, 2.45) is 11.8 Å². The van der Waals surface area contributed by atoms with Crippen molar-refractivity contribution in [1.29, 1.82) is 0 Å². The van der Waals surface area contributed by atoms with Crippen molar-refractivity contribution in [3.05, 3.63) is 76.0 Å². The monoisotopic (exact) mass is 517 g/mol. The molecule has 0 radical (unpaired) electrons. The number of amides is 2. The molecule has 4 atom stereocenters. The molecule has 10 heteroatoms. The lowest BCUT2D eigenvalue weighted by Crippen LogP contribution is -2.58. The number of hydrogen-bond acceptors (Lipinski definition) is 7. The van der Waals surface area contributed by atoms with Gasteiger partial charge in [0, 0.05) is 30.0 Å². The number of furan rings is 1. The van der Waals surface area contributed by atoms with Gasteiger partial charge in [-0.3, -0.25) is 34.7 Å². The molecule has 1 aromatic heterocycles. The van der Waals surface area contributed by atoms with E-state index in [1.165, 1.54) is 29.2 Å². The normalized spacial score (nSPS) is 27.7. The molecule has 1 aliphatic carbocycles. The number of carboxylic acids is 1. The fourth-order valence-corrected chi connectivity index (χ4v) is 6.62. The maximum atomic E-state index is 14.0. The Balaban J connectivity index is 1.45. The number of carbonyl (C=O) groups is 3. The molecule has 3 aromatic rings. The van der Waals surface area contributed by atoms with Crippen LogP contribution in [0.4, 0.5) is 5.69 Å². The number of nitrogens with one attached hydrogen (secondary N) is 1. The van der Waals surface area contributed by atoms with Crippen molar-refractivity contribution < 1.29 is 28.8 Å². The highest BCUT2D eigenvalue weighted by atomic mass is 16.6. The summed E-state index contributed by atoms with van der Waals surface area (Å²) in [4.78, 5) is 52.9. The molecule has 4 unspecified atom stereocenters. The summed E-state index contributed by atoms with van der Waals surface area (Å²) >= 11 is 0. The second-order valence-electron chi connectivity index (χ2n) is 10.5. The van der Waals surface area contributed by atoms with Crippen LogP contribution in [-0.2, 0) is 20.8 Å². The number of fused-ring (bicyclic) bond motifs is 2. The molecule has 2 saturated heterocycles. The molecule has 2 aromatic carbocycles. The number of imide groups is 1. The van der Waals surface area contributed by atoms with Crippen LogP contribution in [-0.4, -0.2) is 44.3 Å². The third-order valence-corrected chi connectivity index (χ3v) is 8.39. The van der Waals surface area contributed by atoms with Gasteiger partial charge in [0.15, 0.2) is 0 Å². The molecular formula is C28H27N3O7. The van der Waals surface area contributed by atoms with Gasteiger partial charge in [-0.1, -0.05) is 49.6 Å². The van der Waals surface area contributed by atoms with Crippen molar-refractivity contribution in [2.75, 3.05) is 0 Å². The van der Waals surface area contributed by atoms with E-state index in [-0.39, 0.29) is 24.1 Å². The molecule has 0 bridgehead atoms. The highest BCUT2D eigenvalue weighted by molar-refractivity contribution is 6.09. The van der Waals surface area contributed by atoms with Crippen molar-refractivity contribution in [3.63, 3.8) is 0 Å². The Bertz CT molecular complexity index is 1410. The molecular weight excluding hydrogens is 490 g/mol. The van der Waals surface area contributed by atoms with Crippen LogP contribution in [0, 0.1) is 22.0 Å². The molecule has 38 heavy (non-hydrogen) atoms. The first-order chi connectivity index (χ1) is 18.3. The van der Waals surface area contributed by atoms with Gasteiger partial charge in [0.2, 0.25) is 11.8 Å². The standard InChI is InChI=1S/C28H27N3O7/c32-25-22-23(26(33)30(25)18-7-2-1-3-8-18)28(27(34)35,15-16-10-12-19(13-11-16)31(36)37)29-24(22)21-14-17-6-4-5-9-20(17)38-21/h4-6,9-14,18,22-24,29H,1-3,7-8,15H2,(H,34,35). The van der Waals surface area contributed by atoms with Crippen LogP contribution >= 0.6 is 0 Å². The Morgan fingerprint density at radius 2 is 1.79 bits per heavy atom. The van der Waals surface area contributed by atoms with Crippen LogP contribution in [0.5, 0.6) is 0 Å². The molecule has 1 saturated carbocycles. The lowest BCUT2D eigenvalue weighted by atomic mass is 9.76. The van der Waals surface area contributed by atoms with Crippen LogP contribution in [0.2, 0.25) is 0 Å². The molecule has 3 aliphatic rings. The predicted octanol–water partition coefficient (Wildman–Crippen LogP) is 3.99. The van der Waals surface area contributed by atoms with E-state index in [2.05, 4.69) is 5.32 Å². The number of carboxylic acid groups (broad SMARTS) is 1. The number of benzene rings is 2. The largest absolute Gasteiger partial charge is 0.480 e. The summed E-state index contributed by atoms with van der Waals surface area (Å²) in [5, 5.41) is 25.7. The van der Waals surface area contributed by atoms with Gasteiger partial charge in [-0.2, -0.15) is 0 Å². The Morgan fingerprint density at radius 3 is 2.45 bits per heavy atom. The van der Waals surface area contributed by atoms with E-state index >= 15 is 0 Å². The van der Waals surface area contributed by atoms with Crippen molar-refractivity contribution in [2.45, 2.75) is 56.1 Å². The average Bonchev–Trinajstić information content (AvgIpc) is 3.57. The third-order valence-electron chi connectivity index (χ3n) is 8.39. The van der Waals surface area contributed by atoms with Gasteiger partial charge in [0.1, 0.15) is 16.9 Å². The van der Waals surface area contributed by atoms with Crippen LogP contribution in [0.25, 0.3) is 11.0 Å². The summed E-state index contributed by atoms with van der Waals surface area (Å²) in [7, 11) is 0. The van der Waals surface area contributed by atoms with E-state index in [4.69, 9.17) is 4.42 Å². The van der Waals surface area contributed by atoms with Crippen molar-refractivity contribution in [1.82, 2.24) is 10.2 Å². The first-order valence-corrected chi connectivity index (χ1v) is 12.9. The van der Waals surface area contributed by atoms with Gasteiger partial charge in [0.05, 0.1) is 22.8 Å². The summed E-state index contributed by atoms with van der Waals surface area (Å²) in [5.41, 5.74) is -0.817. The minimum absolute atomic E-state index is 0.119. The van der Waals surface area contributed by atoms with Gasteiger partial charge < -0.3 is 9.52 Å². The smallest absolute Gasteiger partial charge is 0.325 e. The number of aliphatic carboxylic acids is 1. The number of rotatable bonds is 6. The van der Waals surface area contributed by atoms with E-state index in [0.29, 0.717) is 29.7 Å². The summed E-state index contributed by atoms with van der Waals surface area (Å²) in [5.74, 6) is -3.78. The number of nitrogens with zero attached hydrogens (tertiary/aromatic N) is 2. The quantitative estimate of drug-likeness (QED) is 0.284. The van der Waals surface area contributed by atoms with Crippen molar-refractivity contribution >= 4 is 34.4 Å². The molecule has 2 amide bonds. The highest BCUT2D eigenvalue weighted by Crippen LogP contribution is 2.51. The maximum absolute atomic E-state index is 14.0. The lowest BCUT2D eigenvalue weighted by molar-refractivity contribution is -0.384. The molecule has 0 spiro atoms. The minimum Gasteiger partial charge on any atom is -0.480 e. The average molecular weight is 518 g/mol. The Hall–Kier alpha value is -4.05. The van der Waals surface area contributed by atoms with Crippen LogP contribution < -0.4 is 5.32 Å². The van der Waals surface area contributed by atoms with E-state index in [9.17, 15) is 29.6 Å². The first-order valence-electron chi connectivity index (χ1n) is 12.9. The highest BCUT2D eigenvalue weighted by Gasteiger charge is 2.69. The van der Waals surface area contributed by atoms with Crippen LogP contribution in [0.1, 0.15) is 49.5 Å². The molecule has 10 nitrogen and oxygen atoms in total. The van der Waals surface area contributed by atoms with E-state index in [1.807, 2.05) is 18.2 Å². The topological polar surface area (TPSA) is 143 Å². The number of carbonyl (C=O) groups excluding carboxylic acids is 2. The van der Waals surface area contributed by atoms with Gasteiger partial charge in [0.25, 0.3) is 5.69 Å². The molecule has 3 fully saturated rings. The molecule has 196 valence electrons. The number of para-hydroxylation sites is 1. The number of likely N-dealkylation sites (tertiary alicyclic amines) is 1. The lowest BCUT2D eigenvalue weighted by Gasteiger charge is -2.34. The molecule has 6 rings (SSSR count). The number of non-ortho nitro benzene ring substituents is 1. The summed E-state index contributed by atoms with van der Waals surface area (Å²) in [6.45, 7) is 0.